The van der Waals surface area contributed by atoms with Crippen LogP contribution in [0.3, 0.4) is 0 Å². The van der Waals surface area contributed by atoms with E-state index in [0.717, 1.165) is 0 Å². The number of hydrogen-bond donors (Lipinski definition) is 6. The molecule has 1 fully saturated rings. The molecule has 0 radical (unpaired) electrons. The highest BCUT2D eigenvalue weighted by Crippen LogP contribution is 2.19. The number of primary amides is 1. The van der Waals surface area contributed by atoms with Crippen molar-refractivity contribution in [1.82, 2.24) is 15.5 Å². The van der Waals surface area contributed by atoms with Crippen LogP contribution in [0, 0.1) is 5.92 Å². The van der Waals surface area contributed by atoms with Crippen LogP contribution >= 0.6 is 0 Å². The minimum atomic E-state index is -1.41. The summed E-state index contributed by atoms with van der Waals surface area (Å²) in [4.78, 5) is 61.4. The van der Waals surface area contributed by atoms with Crippen molar-refractivity contribution in [3.63, 3.8) is 0 Å². The Balaban J connectivity index is 2.86. The Morgan fingerprint density at radius 2 is 1.71 bits per heavy atom. The number of likely N-dealkylation sites (tertiary alicyclic amines) is 1. The molecule has 0 saturated carbocycles. The van der Waals surface area contributed by atoms with Crippen LogP contribution in [0.1, 0.15) is 46.5 Å². The minimum absolute atomic E-state index is 0.0451. The van der Waals surface area contributed by atoms with E-state index in [9.17, 15) is 34.2 Å². The molecule has 0 aromatic heterocycles. The van der Waals surface area contributed by atoms with E-state index < -0.39 is 65.8 Å². The molecule has 0 aromatic carbocycles. The molecule has 1 saturated heterocycles. The van der Waals surface area contributed by atoms with Crippen molar-refractivity contribution >= 4 is 29.6 Å². The molecule has 1 heterocycles. The highest BCUT2D eigenvalue weighted by Gasteiger charge is 2.39. The summed E-state index contributed by atoms with van der Waals surface area (Å²) in [5.74, 6) is -4.27. The molecule has 5 unspecified atom stereocenters. The second-order valence-electron chi connectivity index (χ2n) is 8.10. The molecule has 1 aliphatic heterocycles. The Hall–Kier alpha value is -2.73. The lowest BCUT2D eigenvalue weighted by atomic mass is 10.0. The molecule has 0 aromatic rings. The third-order valence-electron chi connectivity index (χ3n) is 5.15. The van der Waals surface area contributed by atoms with Gasteiger partial charge < -0.3 is 37.2 Å². The third-order valence-corrected chi connectivity index (χ3v) is 5.15. The first-order valence-electron chi connectivity index (χ1n) is 10.2. The molecular weight excluding hydrogens is 410 g/mol. The molecule has 5 atom stereocenters. The predicted molar refractivity (Wildman–Crippen MR) is 109 cm³/mol. The van der Waals surface area contributed by atoms with Gasteiger partial charge in [0.05, 0.1) is 12.1 Å². The third kappa shape index (κ3) is 7.47. The first-order chi connectivity index (χ1) is 14.4. The minimum Gasteiger partial charge on any atom is -0.480 e. The van der Waals surface area contributed by atoms with Crippen molar-refractivity contribution in [1.29, 1.82) is 0 Å². The van der Waals surface area contributed by atoms with E-state index in [1.54, 1.807) is 13.8 Å². The molecule has 0 bridgehead atoms. The Kier molecular flexibility index (Phi) is 9.85. The van der Waals surface area contributed by atoms with E-state index in [2.05, 4.69) is 10.6 Å². The molecule has 176 valence electrons. The average Bonchev–Trinajstić information content (AvgIpc) is 3.16. The number of nitrogens with two attached hydrogens (primary N) is 2. The summed E-state index contributed by atoms with van der Waals surface area (Å²) in [6, 6.07) is -4.51. The molecule has 1 rings (SSSR count). The summed E-state index contributed by atoms with van der Waals surface area (Å²) in [5.41, 5.74) is 10.9. The van der Waals surface area contributed by atoms with Gasteiger partial charge >= 0.3 is 5.97 Å². The van der Waals surface area contributed by atoms with Gasteiger partial charge in [-0.1, -0.05) is 13.8 Å². The summed E-state index contributed by atoms with van der Waals surface area (Å²) >= 11 is 0. The fourth-order valence-corrected chi connectivity index (χ4v) is 3.35. The molecule has 4 amide bonds. The Morgan fingerprint density at radius 1 is 1.10 bits per heavy atom. The second kappa shape index (κ2) is 11.6. The summed E-state index contributed by atoms with van der Waals surface area (Å²) in [7, 11) is 0. The zero-order valence-corrected chi connectivity index (χ0v) is 18.0. The fraction of sp³-hybridized carbons (Fsp3) is 0.737. The van der Waals surface area contributed by atoms with Crippen LogP contribution in [0.2, 0.25) is 0 Å². The van der Waals surface area contributed by atoms with Crippen LogP contribution in [-0.4, -0.2) is 81.5 Å². The highest BCUT2D eigenvalue weighted by molar-refractivity contribution is 5.94. The number of carbonyl (C=O) groups is 5. The van der Waals surface area contributed by atoms with E-state index in [-0.39, 0.29) is 19.4 Å². The van der Waals surface area contributed by atoms with E-state index in [1.807, 2.05) is 0 Å². The van der Waals surface area contributed by atoms with Crippen molar-refractivity contribution in [2.24, 2.45) is 17.4 Å². The summed E-state index contributed by atoms with van der Waals surface area (Å²) in [6.07, 6.45) is -0.468. The van der Waals surface area contributed by atoms with Gasteiger partial charge in [-0.15, -0.1) is 0 Å². The normalized spacial score (nSPS) is 19.9. The SMILES string of the molecule is CC(C)C(NC(=O)C(NC(=O)C1CCCN1C(=O)C(N)CCC(N)=O)C(C)O)C(=O)O. The van der Waals surface area contributed by atoms with Gasteiger partial charge in [0.25, 0.3) is 0 Å². The summed E-state index contributed by atoms with van der Waals surface area (Å²) in [5, 5.41) is 24.0. The van der Waals surface area contributed by atoms with Gasteiger partial charge in [-0.25, -0.2) is 4.79 Å². The van der Waals surface area contributed by atoms with E-state index >= 15 is 0 Å². The van der Waals surface area contributed by atoms with Crippen LogP contribution in [0.25, 0.3) is 0 Å². The van der Waals surface area contributed by atoms with Crippen LogP contribution in [0.15, 0.2) is 0 Å². The molecule has 0 aliphatic carbocycles. The monoisotopic (exact) mass is 443 g/mol. The number of carboxylic acids is 1. The first kappa shape index (κ1) is 26.3. The van der Waals surface area contributed by atoms with Gasteiger partial charge in [-0.2, -0.15) is 0 Å². The van der Waals surface area contributed by atoms with Crippen LogP contribution in [0.4, 0.5) is 0 Å². The summed E-state index contributed by atoms with van der Waals surface area (Å²) in [6.45, 7) is 4.78. The zero-order valence-electron chi connectivity index (χ0n) is 18.0. The van der Waals surface area contributed by atoms with Gasteiger partial charge in [-0.3, -0.25) is 19.2 Å². The maximum Gasteiger partial charge on any atom is 0.326 e. The molecular formula is C19H33N5O7. The molecule has 12 nitrogen and oxygen atoms in total. The number of nitrogens with one attached hydrogen (secondary N) is 2. The smallest absolute Gasteiger partial charge is 0.326 e. The van der Waals surface area contributed by atoms with E-state index in [0.29, 0.717) is 12.8 Å². The largest absolute Gasteiger partial charge is 0.480 e. The molecule has 1 aliphatic rings. The number of hydrogen-bond acceptors (Lipinski definition) is 7. The maximum atomic E-state index is 12.8. The molecule has 0 spiro atoms. The van der Waals surface area contributed by atoms with Gasteiger partial charge in [0.1, 0.15) is 18.1 Å². The number of aliphatic carboxylic acids is 1. The Bertz CT molecular complexity index is 697. The quantitative estimate of drug-likeness (QED) is 0.203. The number of aliphatic hydroxyl groups is 1. The number of aliphatic hydroxyl groups excluding tert-OH is 1. The standard InChI is InChI=1S/C19H33N5O7/c1-9(2)14(19(30)31)22-17(28)15(10(3)25)23-16(27)12-5-4-8-24(12)18(29)11(20)6-7-13(21)26/h9-12,14-15,25H,4-8,20H2,1-3H3,(H2,21,26)(H,22,28)(H,23,27)(H,30,31). The number of nitrogens with zero attached hydrogens (tertiary/aromatic N) is 1. The number of carbonyl (C=O) groups excluding carboxylic acids is 4. The van der Waals surface area contributed by atoms with Gasteiger partial charge in [0.2, 0.25) is 23.6 Å². The topological polar surface area (TPSA) is 205 Å². The van der Waals surface area contributed by atoms with E-state index in [1.165, 1.54) is 11.8 Å². The molecule has 31 heavy (non-hydrogen) atoms. The zero-order chi connectivity index (χ0) is 23.9. The van der Waals surface area contributed by atoms with Crippen molar-refractivity contribution in [2.45, 2.75) is 76.7 Å². The van der Waals surface area contributed by atoms with Crippen LogP contribution in [-0.2, 0) is 24.0 Å². The van der Waals surface area contributed by atoms with Crippen molar-refractivity contribution in [3.05, 3.63) is 0 Å². The molecule has 8 N–H and O–H groups in total. The number of amides is 4. The fourth-order valence-electron chi connectivity index (χ4n) is 3.35. The number of rotatable bonds is 11. The number of carboxylic acid groups (broad SMARTS) is 1. The van der Waals surface area contributed by atoms with Crippen LogP contribution < -0.4 is 22.1 Å². The predicted octanol–water partition coefficient (Wildman–Crippen LogP) is -2.34. The van der Waals surface area contributed by atoms with Gasteiger partial charge in [0, 0.05) is 13.0 Å². The molecule has 12 heteroatoms. The Labute approximate surface area is 180 Å². The van der Waals surface area contributed by atoms with Crippen LogP contribution in [0.5, 0.6) is 0 Å². The van der Waals surface area contributed by atoms with Crippen molar-refractivity contribution in [3.8, 4) is 0 Å². The lowest BCUT2D eigenvalue weighted by molar-refractivity contribution is -0.145. The van der Waals surface area contributed by atoms with Crippen molar-refractivity contribution in [2.75, 3.05) is 6.54 Å². The highest BCUT2D eigenvalue weighted by atomic mass is 16.4. The van der Waals surface area contributed by atoms with Crippen molar-refractivity contribution < 1.29 is 34.2 Å². The second-order valence-corrected chi connectivity index (χ2v) is 8.10. The Morgan fingerprint density at radius 3 is 2.19 bits per heavy atom. The summed E-state index contributed by atoms with van der Waals surface area (Å²) < 4.78 is 0. The van der Waals surface area contributed by atoms with Gasteiger partial charge in [-0.05, 0) is 32.1 Å². The van der Waals surface area contributed by atoms with E-state index in [4.69, 9.17) is 11.5 Å². The lowest BCUT2D eigenvalue weighted by Gasteiger charge is -2.29. The van der Waals surface area contributed by atoms with Gasteiger partial charge in [0.15, 0.2) is 0 Å². The average molecular weight is 444 g/mol. The maximum absolute atomic E-state index is 12.8. The first-order valence-corrected chi connectivity index (χ1v) is 10.2. The lowest BCUT2D eigenvalue weighted by Crippen LogP contribution is -2.60.